The number of rotatable bonds is 2. The predicted molar refractivity (Wildman–Crippen MR) is 83.2 cm³/mol. The van der Waals surface area contributed by atoms with Gasteiger partial charge < -0.3 is 13.8 Å². The molecule has 22 heavy (non-hydrogen) atoms. The van der Waals surface area contributed by atoms with E-state index in [1.807, 2.05) is 30.7 Å². The van der Waals surface area contributed by atoms with Crippen LogP contribution in [0.2, 0.25) is 0 Å². The number of thiazole rings is 1. The highest BCUT2D eigenvalue weighted by atomic mass is 32.1. The number of methoxy groups -OCH3 is 1. The normalized spacial score (nSPS) is 12.1. The summed E-state index contributed by atoms with van der Waals surface area (Å²) in [4.78, 5) is 16.9. The number of fused-ring (bicyclic) bond motifs is 1. The van der Waals surface area contributed by atoms with Gasteiger partial charge >= 0.3 is 5.91 Å². The van der Waals surface area contributed by atoms with E-state index in [0.29, 0.717) is 10.5 Å². The van der Waals surface area contributed by atoms with Gasteiger partial charge in [-0.25, -0.2) is 0 Å². The van der Waals surface area contributed by atoms with Crippen LogP contribution in [-0.4, -0.2) is 22.7 Å². The van der Waals surface area contributed by atoms with Gasteiger partial charge in [-0.3, -0.25) is 4.79 Å². The van der Waals surface area contributed by atoms with Gasteiger partial charge in [0, 0.05) is 13.1 Å². The third kappa shape index (κ3) is 2.33. The number of nitrogens with zero attached hydrogens (tertiary/aromatic N) is 3. The van der Waals surface area contributed by atoms with Gasteiger partial charge in [0.1, 0.15) is 11.3 Å². The molecule has 0 radical (unpaired) electrons. The Hall–Kier alpha value is -2.41. The molecule has 2 heterocycles. The maximum absolute atomic E-state index is 12.2. The topological polar surface area (TPSA) is 69.6 Å². The van der Waals surface area contributed by atoms with E-state index in [1.165, 1.54) is 11.3 Å². The van der Waals surface area contributed by atoms with Crippen LogP contribution in [0.1, 0.15) is 21.8 Å². The fourth-order valence-corrected chi connectivity index (χ4v) is 3.33. The minimum atomic E-state index is -0.445. The van der Waals surface area contributed by atoms with E-state index in [-0.39, 0.29) is 5.76 Å². The average molecular weight is 317 g/mol. The SMILES string of the molecule is COc1ccc(C)c2sc(=NC(=O)c3cc(C)no3)n(C)c12. The predicted octanol–water partition coefficient (Wildman–Crippen LogP) is 2.59. The van der Waals surface area contributed by atoms with Gasteiger partial charge in [0.25, 0.3) is 0 Å². The highest BCUT2D eigenvalue weighted by Crippen LogP contribution is 2.29. The van der Waals surface area contributed by atoms with Crippen molar-refractivity contribution < 1.29 is 14.1 Å². The zero-order valence-electron chi connectivity index (χ0n) is 12.7. The largest absolute Gasteiger partial charge is 0.495 e. The number of ether oxygens (including phenoxy) is 1. The number of hydrogen-bond acceptors (Lipinski definition) is 5. The van der Waals surface area contributed by atoms with E-state index in [1.54, 1.807) is 20.1 Å². The van der Waals surface area contributed by atoms with Crippen molar-refractivity contribution in [2.75, 3.05) is 7.11 Å². The molecule has 3 rings (SSSR count). The lowest BCUT2D eigenvalue weighted by Crippen LogP contribution is -2.13. The molecule has 1 aromatic carbocycles. The minimum absolute atomic E-state index is 0.138. The molecular formula is C15H15N3O3S. The van der Waals surface area contributed by atoms with Crippen molar-refractivity contribution in [1.29, 1.82) is 0 Å². The highest BCUT2D eigenvalue weighted by Gasteiger charge is 2.14. The summed E-state index contributed by atoms with van der Waals surface area (Å²) in [6.45, 7) is 3.78. The van der Waals surface area contributed by atoms with Gasteiger partial charge in [0.2, 0.25) is 5.76 Å². The monoisotopic (exact) mass is 317 g/mol. The van der Waals surface area contributed by atoms with Crippen LogP contribution >= 0.6 is 11.3 Å². The Bertz CT molecular complexity index is 933. The Balaban J connectivity index is 2.19. The first-order chi connectivity index (χ1) is 10.5. The zero-order chi connectivity index (χ0) is 15.9. The summed E-state index contributed by atoms with van der Waals surface area (Å²) >= 11 is 1.44. The molecule has 114 valence electrons. The molecule has 7 heteroatoms. The summed E-state index contributed by atoms with van der Waals surface area (Å²) in [6.07, 6.45) is 0. The van der Waals surface area contributed by atoms with Crippen molar-refractivity contribution >= 4 is 27.5 Å². The lowest BCUT2D eigenvalue weighted by molar-refractivity contribution is 0.0962. The van der Waals surface area contributed by atoms with Crippen molar-refractivity contribution in [1.82, 2.24) is 9.72 Å². The number of carbonyl (C=O) groups excluding carboxylic acids is 1. The summed E-state index contributed by atoms with van der Waals surface area (Å²) in [7, 11) is 3.49. The van der Waals surface area contributed by atoms with E-state index in [4.69, 9.17) is 9.26 Å². The molecule has 0 atom stereocenters. The molecule has 0 aliphatic rings. The van der Waals surface area contributed by atoms with Crippen LogP contribution in [0, 0.1) is 13.8 Å². The summed E-state index contributed by atoms with van der Waals surface area (Å²) in [5, 5.41) is 3.71. The molecule has 0 fully saturated rings. The second kappa shape index (κ2) is 5.42. The lowest BCUT2D eigenvalue weighted by Gasteiger charge is -2.05. The molecule has 0 N–H and O–H groups in total. The minimum Gasteiger partial charge on any atom is -0.495 e. The molecule has 1 amide bonds. The summed E-state index contributed by atoms with van der Waals surface area (Å²) in [5.41, 5.74) is 2.69. The van der Waals surface area contributed by atoms with Crippen molar-refractivity contribution in [3.63, 3.8) is 0 Å². The van der Waals surface area contributed by atoms with Gasteiger partial charge in [-0.05, 0) is 25.5 Å². The number of hydrogen-bond donors (Lipinski definition) is 0. The first-order valence-corrected chi connectivity index (χ1v) is 7.48. The maximum atomic E-state index is 12.2. The summed E-state index contributed by atoms with van der Waals surface area (Å²) < 4.78 is 13.3. The van der Waals surface area contributed by atoms with E-state index in [0.717, 1.165) is 21.5 Å². The molecule has 2 aromatic heterocycles. The third-order valence-corrected chi connectivity index (χ3v) is 4.63. The van der Waals surface area contributed by atoms with Crippen molar-refractivity contribution in [2.45, 2.75) is 13.8 Å². The molecule has 0 saturated carbocycles. The van der Waals surface area contributed by atoms with Gasteiger partial charge in [-0.2, -0.15) is 4.99 Å². The van der Waals surface area contributed by atoms with E-state index < -0.39 is 5.91 Å². The molecule has 3 aromatic rings. The Morgan fingerprint density at radius 2 is 2.18 bits per heavy atom. The fraction of sp³-hybridized carbons (Fsp3) is 0.267. The highest BCUT2D eigenvalue weighted by molar-refractivity contribution is 7.16. The molecule has 0 aliphatic carbocycles. The molecule has 6 nitrogen and oxygen atoms in total. The van der Waals surface area contributed by atoms with Crippen LogP contribution in [0.4, 0.5) is 0 Å². The quantitative estimate of drug-likeness (QED) is 0.728. The Morgan fingerprint density at radius 3 is 2.82 bits per heavy atom. The van der Waals surface area contributed by atoms with Crippen LogP contribution in [0.5, 0.6) is 5.75 Å². The van der Waals surface area contributed by atoms with E-state index in [2.05, 4.69) is 10.1 Å². The number of aryl methyl sites for hydroxylation is 3. The molecule has 0 bridgehead atoms. The van der Waals surface area contributed by atoms with Crippen LogP contribution in [-0.2, 0) is 7.05 Å². The van der Waals surface area contributed by atoms with Crippen LogP contribution in [0.15, 0.2) is 27.7 Å². The van der Waals surface area contributed by atoms with Crippen LogP contribution in [0.25, 0.3) is 10.2 Å². The Morgan fingerprint density at radius 1 is 1.41 bits per heavy atom. The number of benzene rings is 1. The Kier molecular flexibility index (Phi) is 3.58. The number of carbonyl (C=O) groups is 1. The van der Waals surface area contributed by atoms with Crippen molar-refractivity contribution in [3.8, 4) is 5.75 Å². The Labute approximate surface area is 130 Å². The molecule has 0 unspecified atom stereocenters. The lowest BCUT2D eigenvalue weighted by atomic mass is 10.2. The maximum Gasteiger partial charge on any atom is 0.318 e. The van der Waals surface area contributed by atoms with Crippen molar-refractivity contribution in [2.24, 2.45) is 12.0 Å². The second-order valence-electron chi connectivity index (χ2n) is 4.96. The standard InChI is InChI=1S/C15H15N3O3S/c1-8-5-6-10(20-4)12-13(8)22-15(18(12)3)16-14(19)11-7-9(2)17-21-11/h5-7H,1-4H3. The van der Waals surface area contributed by atoms with Gasteiger partial charge in [-0.1, -0.05) is 22.6 Å². The van der Waals surface area contributed by atoms with Crippen molar-refractivity contribution in [3.05, 3.63) is 40.0 Å². The summed E-state index contributed by atoms with van der Waals surface area (Å²) in [5.74, 6) is 0.446. The molecule has 0 spiro atoms. The van der Waals surface area contributed by atoms with Gasteiger partial charge in [0.05, 0.1) is 17.5 Å². The number of aromatic nitrogens is 2. The smallest absolute Gasteiger partial charge is 0.318 e. The molecule has 0 saturated heterocycles. The van der Waals surface area contributed by atoms with Crippen LogP contribution < -0.4 is 9.54 Å². The average Bonchev–Trinajstić information content (AvgIpc) is 3.06. The van der Waals surface area contributed by atoms with E-state index >= 15 is 0 Å². The zero-order valence-corrected chi connectivity index (χ0v) is 13.5. The first kappa shape index (κ1) is 14.5. The van der Waals surface area contributed by atoms with Gasteiger partial charge in [-0.15, -0.1) is 0 Å². The number of amides is 1. The van der Waals surface area contributed by atoms with E-state index in [9.17, 15) is 4.79 Å². The third-order valence-electron chi connectivity index (χ3n) is 3.36. The molecular weight excluding hydrogens is 302 g/mol. The van der Waals surface area contributed by atoms with Gasteiger partial charge in [0.15, 0.2) is 4.80 Å². The molecule has 0 aliphatic heterocycles. The second-order valence-corrected chi connectivity index (χ2v) is 5.93. The summed E-state index contributed by atoms with van der Waals surface area (Å²) in [6, 6.07) is 5.48. The fourth-order valence-electron chi connectivity index (χ4n) is 2.22. The van der Waals surface area contributed by atoms with Crippen LogP contribution in [0.3, 0.4) is 0 Å². The first-order valence-electron chi connectivity index (χ1n) is 6.66.